The van der Waals surface area contributed by atoms with Crippen molar-refractivity contribution in [3.05, 3.63) is 0 Å². The van der Waals surface area contributed by atoms with Crippen molar-refractivity contribution in [3.63, 3.8) is 0 Å². The maximum Gasteiger partial charge on any atom is 0.113 e. The van der Waals surface area contributed by atoms with E-state index < -0.39 is 6.67 Å². The number of hydrogen-bond acceptors (Lipinski definition) is 5. The number of hydrogen-bond donors (Lipinski definition) is 1. The lowest BCUT2D eigenvalue weighted by Gasteiger charge is -2.06. The van der Waals surface area contributed by atoms with Crippen molar-refractivity contribution < 1.29 is 23.3 Å². The molecule has 0 aromatic rings. The molecule has 0 fully saturated rings. The van der Waals surface area contributed by atoms with Gasteiger partial charge in [0.05, 0.1) is 52.9 Å². The summed E-state index contributed by atoms with van der Waals surface area (Å²) in [6.45, 7) is 3.79. The van der Waals surface area contributed by atoms with Gasteiger partial charge in [-0.05, 0) is 0 Å². The lowest BCUT2D eigenvalue weighted by atomic mass is 10.7. The molecule has 0 aromatic carbocycles. The van der Waals surface area contributed by atoms with Crippen LogP contribution in [-0.4, -0.2) is 66.1 Å². The second-order valence-electron chi connectivity index (χ2n) is 2.93. The Morgan fingerprint density at radius 1 is 0.625 bits per heavy atom. The zero-order chi connectivity index (χ0) is 11.9. The summed E-state index contributed by atoms with van der Waals surface area (Å²) in [4.78, 5) is 0. The molecule has 0 amide bonds. The van der Waals surface area contributed by atoms with Crippen LogP contribution in [0.4, 0.5) is 4.39 Å². The fourth-order valence-corrected chi connectivity index (χ4v) is 0.900. The molecular weight excluding hydrogens is 217 g/mol. The van der Waals surface area contributed by atoms with Crippen molar-refractivity contribution in [2.24, 2.45) is 5.73 Å². The zero-order valence-corrected chi connectivity index (χ0v) is 9.66. The minimum atomic E-state index is -0.452. The summed E-state index contributed by atoms with van der Waals surface area (Å²) >= 11 is 0. The van der Waals surface area contributed by atoms with Gasteiger partial charge in [0.15, 0.2) is 0 Å². The lowest BCUT2D eigenvalue weighted by Crippen LogP contribution is -2.14. The van der Waals surface area contributed by atoms with Crippen LogP contribution in [-0.2, 0) is 18.9 Å². The maximum atomic E-state index is 11.6. The molecule has 0 saturated carbocycles. The van der Waals surface area contributed by atoms with Gasteiger partial charge in [-0.2, -0.15) is 0 Å². The molecule has 0 saturated heterocycles. The number of halogens is 1. The Kier molecular flexibility index (Phi) is 14.5. The summed E-state index contributed by atoms with van der Waals surface area (Å²) in [7, 11) is 0. The highest BCUT2D eigenvalue weighted by Crippen LogP contribution is 1.82. The van der Waals surface area contributed by atoms with Crippen LogP contribution in [0.5, 0.6) is 0 Å². The molecule has 16 heavy (non-hydrogen) atoms. The molecule has 98 valence electrons. The van der Waals surface area contributed by atoms with Crippen molar-refractivity contribution in [2.45, 2.75) is 0 Å². The number of alkyl halides is 1. The SMILES string of the molecule is NCCOCCOCCOCCOCCF. The van der Waals surface area contributed by atoms with E-state index >= 15 is 0 Å². The molecule has 0 bridgehead atoms. The first-order valence-electron chi connectivity index (χ1n) is 5.48. The van der Waals surface area contributed by atoms with Crippen molar-refractivity contribution in [3.8, 4) is 0 Å². The average molecular weight is 239 g/mol. The van der Waals surface area contributed by atoms with Crippen molar-refractivity contribution in [2.75, 3.05) is 66.1 Å². The molecule has 5 nitrogen and oxygen atoms in total. The molecule has 0 rings (SSSR count). The molecule has 0 radical (unpaired) electrons. The molecule has 0 atom stereocenters. The van der Waals surface area contributed by atoms with Gasteiger partial charge < -0.3 is 24.7 Å². The predicted octanol–water partition coefficient (Wildman–Crippen LogP) is -0.0190. The molecule has 2 N–H and O–H groups in total. The zero-order valence-electron chi connectivity index (χ0n) is 9.66. The first-order chi connectivity index (χ1) is 7.91. The van der Waals surface area contributed by atoms with E-state index in [1.54, 1.807) is 0 Å². The molecule has 0 spiro atoms. The number of rotatable bonds is 13. The summed E-state index contributed by atoms with van der Waals surface area (Å²) in [5, 5.41) is 0. The Morgan fingerprint density at radius 3 is 1.38 bits per heavy atom. The molecule has 0 aliphatic carbocycles. The largest absolute Gasteiger partial charge is 0.378 e. The average Bonchev–Trinajstić information content (AvgIpc) is 2.31. The van der Waals surface area contributed by atoms with Crippen molar-refractivity contribution >= 4 is 0 Å². The van der Waals surface area contributed by atoms with E-state index in [2.05, 4.69) is 0 Å². The van der Waals surface area contributed by atoms with Crippen molar-refractivity contribution in [1.82, 2.24) is 0 Å². The van der Waals surface area contributed by atoms with Crippen LogP contribution in [0, 0.1) is 0 Å². The third kappa shape index (κ3) is 13.7. The Bertz CT molecular complexity index is 115. The second-order valence-corrected chi connectivity index (χ2v) is 2.93. The normalized spacial score (nSPS) is 10.9. The Morgan fingerprint density at radius 2 is 1.00 bits per heavy atom. The Balaban J connectivity index is 2.83. The van der Waals surface area contributed by atoms with E-state index in [0.717, 1.165) is 0 Å². The standard InChI is InChI=1S/C10H22FNO4/c11-1-3-13-5-7-15-9-10-16-8-6-14-4-2-12/h1-10,12H2. The lowest BCUT2D eigenvalue weighted by molar-refractivity contribution is -0.00219. The first kappa shape index (κ1) is 15.7. The van der Waals surface area contributed by atoms with Gasteiger partial charge in [0.2, 0.25) is 0 Å². The number of ether oxygens (including phenoxy) is 4. The fourth-order valence-electron chi connectivity index (χ4n) is 0.900. The van der Waals surface area contributed by atoms with Crippen molar-refractivity contribution in [1.29, 1.82) is 0 Å². The monoisotopic (exact) mass is 239 g/mol. The minimum Gasteiger partial charge on any atom is -0.378 e. The van der Waals surface area contributed by atoms with Crippen LogP contribution in [0.15, 0.2) is 0 Å². The first-order valence-corrected chi connectivity index (χ1v) is 5.48. The van der Waals surface area contributed by atoms with Gasteiger partial charge in [-0.25, -0.2) is 4.39 Å². The fraction of sp³-hybridized carbons (Fsp3) is 1.00. The molecule has 0 unspecified atom stereocenters. The van der Waals surface area contributed by atoms with Gasteiger partial charge in [0.1, 0.15) is 6.67 Å². The summed E-state index contributed by atoms with van der Waals surface area (Å²) in [6, 6.07) is 0. The third-order valence-corrected chi connectivity index (χ3v) is 1.60. The van der Waals surface area contributed by atoms with Gasteiger partial charge >= 0.3 is 0 Å². The highest BCUT2D eigenvalue weighted by molar-refractivity contribution is 4.35. The molecular formula is C10H22FNO4. The van der Waals surface area contributed by atoms with Crippen LogP contribution in [0.1, 0.15) is 0 Å². The quantitative estimate of drug-likeness (QED) is 0.458. The van der Waals surface area contributed by atoms with Gasteiger partial charge in [-0.15, -0.1) is 0 Å². The van der Waals surface area contributed by atoms with Crippen LogP contribution in [0.2, 0.25) is 0 Å². The van der Waals surface area contributed by atoms with Gasteiger partial charge in [0.25, 0.3) is 0 Å². The molecule has 0 heterocycles. The highest BCUT2D eigenvalue weighted by atomic mass is 19.1. The summed E-state index contributed by atoms with van der Waals surface area (Å²) in [5.74, 6) is 0. The highest BCUT2D eigenvalue weighted by Gasteiger charge is 1.91. The number of nitrogens with two attached hydrogens (primary N) is 1. The van der Waals surface area contributed by atoms with E-state index in [1.165, 1.54) is 0 Å². The van der Waals surface area contributed by atoms with Crippen LogP contribution in [0.3, 0.4) is 0 Å². The van der Waals surface area contributed by atoms with Gasteiger partial charge in [0, 0.05) is 6.54 Å². The van der Waals surface area contributed by atoms with E-state index in [9.17, 15) is 4.39 Å². The summed E-state index contributed by atoms with van der Waals surface area (Å²) < 4.78 is 32.0. The van der Waals surface area contributed by atoms with Gasteiger partial charge in [-0.3, -0.25) is 0 Å². The summed E-state index contributed by atoms with van der Waals surface area (Å²) in [5.41, 5.74) is 5.24. The van der Waals surface area contributed by atoms with E-state index in [1.807, 2.05) is 0 Å². The third-order valence-electron chi connectivity index (χ3n) is 1.60. The van der Waals surface area contributed by atoms with E-state index in [-0.39, 0.29) is 6.61 Å². The molecule has 0 aliphatic heterocycles. The topological polar surface area (TPSA) is 62.9 Å². The smallest absolute Gasteiger partial charge is 0.113 e. The molecule has 6 heteroatoms. The maximum absolute atomic E-state index is 11.6. The predicted molar refractivity (Wildman–Crippen MR) is 58.3 cm³/mol. The van der Waals surface area contributed by atoms with Gasteiger partial charge in [-0.1, -0.05) is 0 Å². The molecule has 0 aromatic heterocycles. The molecule has 0 aliphatic rings. The minimum absolute atomic E-state index is 0.137. The van der Waals surface area contributed by atoms with E-state index in [4.69, 9.17) is 24.7 Å². The summed E-state index contributed by atoms with van der Waals surface area (Å²) in [6.07, 6.45) is 0. The van der Waals surface area contributed by atoms with Crippen LogP contribution < -0.4 is 5.73 Å². The van der Waals surface area contributed by atoms with Crippen LogP contribution in [0.25, 0.3) is 0 Å². The Labute approximate surface area is 96.0 Å². The second kappa shape index (κ2) is 14.7. The van der Waals surface area contributed by atoms with Crippen LogP contribution >= 0.6 is 0 Å². The van der Waals surface area contributed by atoms with E-state index in [0.29, 0.717) is 52.8 Å². The Hall–Kier alpha value is -0.270.